The lowest BCUT2D eigenvalue weighted by molar-refractivity contribution is -0.142. The van der Waals surface area contributed by atoms with E-state index in [4.69, 9.17) is 0 Å². The lowest BCUT2D eigenvalue weighted by Crippen LogP contribution is -2.38. The highest BCUT2D eigenvalue weighted by atomic mass is 32.2. The van der Waals surface area contributed by atoms with Crippen molar-refractivity contribution in [2.45, 2.75) is 26.3 Å². The van der Waals surface area contributed by atoms with Crippen molar-refractivity contribution in [2.75, 3.05) is 11.5 Å². The van der Waals surface area contributed by atoms with Gasteiger partial charge in [-0.3, -0.25) is 4.79 Å². The van der Waals surface area contributed by atoms with Gasteiger partial charge in [-0.15, -0.1) is 0 Å². The van der Waals surface area contributed by atoms with Crippen LogP contribution in [0, 0.1) is 19.8 Å². The van der Waals surface area contributed by atoms with E-state index in [0.717, 1.165) is 11.1 Å². The van der Waals surface area contributed by atoms with Gasteiger partial charge in [0, 0.05) is 0 Å². The van der Waals surface area contributed by atoms with Crippen LogP contribution in [-0.4, -0.2) is 36.9 Å². The molecule has 6 nitrogen and oxygen atoms in total. The van der Waals surface area contributed by atoms with Gasteiger partial charge in [0.1, 0.15) is 0 Å². The van der Waals surface area contributed by atoms with Crippen molar-refractivity contribution in [3.8, 4) is 0 Å². The molecule has 22 heavy (non-hydrogen) atoms. The Morgan fingerprint density at radius 3 is 2.55 bits per heavy atom. The van der Waals surface area contributed by atoms with E-state index in [-0.39, 0.29) is 17.9 Å². The Morgan fingerprint density at radius 1 is 1.32 bits per heavy atom. The second-order valence-electron chi connectivity index (χ2n) is 5.67. The van der Waals surface area contributed by atoms with E-state index >= 15 is 0 Å². The number of aryl methyl sites for hydroxylation is 1. The Balaban J connectivity index is 2.21. The quantitative estimate of drug-likeness (QED) is 0.859. The molecule has 2 unspecified atom stereocenters. The minimum absolute atomic E-state index is 0.0215. The number of aliphatic carboxylic acids is 1. The number of carbonyl (C=O) groups is 2. The molecule has 2 N–H and O–H groups in total. The second kappa shape index (κ2) is 6.08. The molecule has 1 aromatic rings. The molecule has 1 amide bonds. The molecular weight excluding hydrogens is 306 g/mol. The molecule has 120 valence electrons. The van der Waals surface area contributed by atoms with Crippen LogP contribution in [0.3, 0.4) is 0 Å². The number of hydrogen-bond acceptors (Lipinski definition) is 4. The molecule has 0 saturated carbocycles. The molecule has 1 aromatic carbocycles. The highest BCUT2D eigenvalue weighted by Gasteiger charge is 2.35. The Hall–Kier alpha value is -1.89. The highest BCUT2D eigenvalue weighted by Crippen LogP contribution is 2.23. The normalized spacial score (nSPS) is 21.3. The minimum Gasteiger partial charge on any atom is -0.479 e. The van der Waals surface area contributed by atoms with E-state index < -0.39 is 33.7 Å². The number of carbonyl (C=O) groups excluding carboxylic acids is 1. The molecule has 7 heteroatoms. The number of sulfone groups is 1. The Bertz CT molecular complexity index is 711. The zero-order valence-electron chi connectivity index (χ0n) is 12.5. The molecule has 0 aromatic heterocycles. The van der Waals surface area contributed by atoms with Gasteiger partial charge in [-0.05, 0) is 37.0 Å². The summed E-state index contributed by atoms with van der Waals surface area (Å²) in [5, 5.41) is 11.9. The molecule has 1 heterocycles. The smallest absolute Gasteiger partial charge is 0.330 e. The number of rotatable bonds is 4. The van der Waals surface area contributed by atoms with Gasteiger partial charge >= 0.3 is 5.97 Å². The van der Waals surface area contributed by atoms with Crippen LogP contribution in [0.15, 0.2) is 18.2 Å². The summed E-state index contributed by atoms with van der Waals surface area (Å²) >= 11 is 0. The number of nitrogens with one attached hydrogen (secondary N) is 1. The summed E-state index contributed by atoms with van der Waals surface area (Å²) in [6.07, 6.45) is 0.243. The first-order valence-corrected chi connectivity index (χ1v) is 8.83. The first-order valence-electron chi connectivity index (χ1n) is 7.01. The molecule has 0 radical (unpaired) electrons. The van der Waals surface area contributed by atoms with Gasteiger partial charge < -0.3 is 10.4 Å². The maximum atomic E-state index is 12.2. The van der Waals surface area contributed by atoms with Crippen LogP contribution in [0.4, 0.5) is 0 Å². The highest BCUT2D eigenvalue weighted by molar-refractivity contribution is 7.91. The number of benzene rings is 1. The van der Waals surface area contributed by atoms with Crippen LogP contribution in [-0.2, 0) is 19.4 Å². The zero-order valence-corrected chi connectivity index (χ0v) is 13.3. The van der Waals surface area contributed by atoms with Gasteiger partial charge in [-0.1, -0.05) is 18.2 Å². The Kier molecular flexibility index (Phi) is 4.55. The lowest BCUT2D eigenvalue weighted by atomic mass is 9.96. The summed E-state index contributed by atoms with van der Waals surface area (Å²) < 4.78 is 22.9. The van der Waals surface area contributed by atoms with Gasteiger partial charge in [0.15, 0.2) is 15.9 Å². The molecule has 1 fully saturated rings. The van der Waals surface area contributed by atoms with Gasteiger partial charge in [-0.25, -0.2) is 13.2 Å². The number of amides is 1. The van der Waals surface area contributed by atoms with E-state index in [9.17, 15) is 23.1 Å². The van der Waals surface area contributed by atoms with Crippen molar-refractivity contribution < 1.29 is 23.1 Å². The third-order valence-corrected chi connectivity index (χ3v) is 5.86. The third-order valence-electron chi connectivity index (χ3n) is 4.09. The fourth-order valence-electron chi connectivity index (χ4n) is 2.62. The van der Waals surface area contributed by atoms with Crippen molar-refractivity contribution in [1.82, 2.24) is 5.32 Å². The van der Waals surface area contributed by atoms with E-state index in [1.165, 1.54) is 0 Å². The van der Waals surface area contributed by atoms with Crippen molar-refractivity contribution in [3.63, 3.8) is 0 Å². The van der Waals surface area contributed by atoms with E-state index in [1.807, 2.05) is 13.0 Å². The van der Waals surface area contributed by atoms with Crippen LogP contribution >= 0.6 is 0 Å². The van der Waals surface area contributed by atoms with Crippen LogP contribution in [0.5, 0.6) is 0 Å². The largest absolute Gasteiger partial charge is 0.479 e. The number of carboxylic acid groups (broad SMARTS) is 1. The van der Waals surface area contributed by atoms with Gasteiger partial charge in [0.25, 0.3) is 0 Å². The second-order valence-corrected chi connectivity index (χ2v) is 7.90. The summed E-state index contributed by atoms with van der Waals surface area (Å²) in [5.41, 5.74) is 2.25. The van der Waals surface area contributed by atoms with Crippen LogP contribution < -0.4 is 5.32 Å². The van der Waals surface area contributed by atoms with Gasteiger partial charge in [-0.2, -0.15) is 0 Å². The molecule has 1 aliphatic heterocycles. The maximum absolute atomic E-state index is 12.2. The van der Waals surface area contributed by atoms with Crippen LogP contribution in [0.1, 0.15) is 29.2 Å². The molecular formula is C15H19NO5S. The summed E-state index contributed by atoms with van der Waals surface area (Å²) in [6, 6.07) is 4.09. The first kappa shape index (κ1) is 16.5. The van der Waals surface area contributed by atoms with E-state index in [0.29, 0.717) is 5.56 Å². The predicted octanol–water partition coefficient (Wildman–Crippen LogP) is 0.980. The van der Waals surface area contributed by atoms with Crippen molar-refractivity contribution in [3.05, 3.63) is 34.9 Å². The summed E-state index contributed by atoms with van der Waals surface area (Å²) in [5.74, 6) is -2.58. The van der Waals surface area contributed by atoms with Crippen molar-refractivity contribution in [2.24, 2.45) is 5.92 Å². The lowest BCUT2D eigenvalue weighted by Gasteiger charge is -2.19. The third kappa shape index (κ3) is 3.47. The fraction of sp³-hybridized carbons (Fsp3) is 0.467. The Labute approximate surface area is 129 Å². The molecule has 0 spiro atoms. The number of hydrogen-bond donors (Lipinski definition) is 2. The molecule has 1 saturated heterocycles. The first-order chi connectivity index (χ1) is 10.2. The predicted molar refractivity (Wildman–Crippen MR) is 81.2 cm³/mol. The Morgan fingerprint density at radius 2 is 2.00 bits per heavy atom. The van der Waals surface area contributed by atoms with Crippen LogP contribution in [0.25, 0.3) is 0 Å². The van der Waals surface area contributed by atoms with E-state index in [2.05, 4.69) is 5.32 Å². The molecule has 0 bridgehead atoms. The minimum atomic E-state index is -3.18. The topological polar surface area (TPSA) is 101 Å². The maximum Gasteiger partial charge on any atom is 0.330 e. The fourth-order valence-corrected chi connectivity index (χ4v) is 4.36. The zero-order chi connectivity index (χ0) is 16.5. The van der Waals surface area contributed by atoms with Crippen molar-refractivity contribution in [1.29, 1.82) is 0 Å². The molecule has 2 atom stereocenters. The van der Waals surface area contributed by atoms with Crippen molar-refractivity contribution >= 4 is 21.7 Å². The summed E-state index contributed by atoms with van der Waals surface area (Å²) in [6.45, 7) is 3.66. The van der Waals surface area contributed by atoms with Crippen LogP contribution in [0.2, 0.25) is 0 Å². The van der Waals surface area contributed by atoms with Gasteiger partial charge in [0.05, 0.1) is 17.4 Å². The monoisotopic (exact) mass is 325 g/mol. The average molecular weight is 325 g/mol. The average Bonchev–Trinajstić information content (AvgIpc) is 2.79. The van der Waals surface area contributed by atoms with E-state index in [1.54, 1.807) is 19.1 Å². The SMILES string of the molecule is Cc1cccc(C(NC(=O)C2CCS(=O)(=O)C2)C(=O)O)c1C. The summed E-state index contributed by atoms with van der Waals surface area (Å²) in [4.78, 5) is 23.7. The molecule has 2 rings (SSSR count). The molecule has 0 aliphatic carbocycles. The summed E-state index contributed by atoms with van der Waals surface area (Å²) in [7, 11) is -3.18. The molecule has 1 aliphatic rings. The standard InChI is InChI=1S/C15H19NO5S/c1-9-4-3-5-12(10(9)2)13(15(18)19)16-14(17)11-6-7-22(20,21)8-11/h3-5,11,13H,6-8H2,1-2H3,(H,16,17)(H,18,19). The number of carboxylic acids is 1. The van der Waals surface area contributed by atoms with Gasteiger partial charge in [0.2, 0.25) is 5.91 Å².